The zero-order valence-corrected chi connectivity index (χ0v) is 10.7. The Morgan fingerprint density at radius 2 is 2.18 bits per heavy atom. The van der Waals surface area contributed by atoms with E-state index in [-0.39, 0.29) is 5.91 Å². The highest BCUT2D eigenvalue weighted by atomic mass is 16.1. The summed E-state index contributed by atoms with van der Waals surface area (Å²) in [5.41, 5.74) is 0.446. The monoisotopic (exact) mass is 236 g/mol. The number of likely N-dealkylation sites (N-methyl/N-ethyl adjacent to an activating group) is 1. The van der Waals surface area contributed by atoms with Crippen molar-refractivity contribution in [2.45, 2.75) is 6.92 Å². The summed E-state index contributed by atoms with van der Waals surface area (Å²) in [6, 6.07) is 5.39. The Bertz CT molecular complexity index is 365. The summed E-state index contributed by atoms with van der Waals surface area (Å²) in [7, 11) is 3.94. The van der Waals surface area contributed by atoms with Gasteiger partial charge in [-0.2, -0.15) is 0 Å². The molecular weight excluding hydrogens is 216 g/mol. The first kappa shape index (κ1) is 13.4. The molecule has 0 spiro atoms. The summed E-state index contributed by atoms with van der Waals surface area (Å²) in [6.07, 6.45) is 0. The molecule has 94 valence electrons. The van der Waals surface area contributed by atoms with E-state index in [4.69, 9.17) is 0 Å². The average Bonchev–Trinajstić information content (AvgIpc) is 2.29. The van der Waals surface area contributed by atoms with Gasteiger partial charge in [-0.3, -0.25) is 4.79 Å². The number of amides is 1. The van der Waals surface area contributed by atoms with Crippen LogP contribution in [0, 0.1) is 0 Å². The molecule has 0 bridgehead atoms. The molecule has 0 saturated heterocycles. The van der Waals surface area contributed by atoms with Crippen molar-refractivity contribution in [3.8, 4) is 0 Å². The molecule has 0 unspecified atom stereocenters. The number of carbonyl (C=O) groups excluding carboxylic acids is 1. The predicted molar refractivity (Wildman–Crippen MR) is 69.3 cm³/mol. The number of anilines is 1. The molecule has 1 aromatic rings. The summed E-state index contributed by atoms with van der Waals surface area (Å²) in [5, 5.41) is 5.91. The van der Waals surface area contributed by atoms with Crippen molar-refractivity contribution in [3.05, 3.63) is 23.9 Å². The Labute approximate surface area is 102 Å². The zero-order valence-electron chi connectivity index (χ0n) is 10.7. The van der Waals surface area contributed by atoms with Gasteiger partial charge in [0, 0.05) is 19.6 Å². The van der Waals surface area contributed by atoms with Gasteiger partial charge in [-0.1, -0.05) is 6.07 Å². The van der Waals surface area contributed by atoms with Crippen LogP contribution in [0.15, 0.2) is 18.2 Å². The van der Waals surface area contributed by atoms with Gasteiger partial charge in [0.05, 0.1) is 0 Å². The van der Waals surface area contributed by atoms with Crippen LogP contribution in [0.25, 0.3) is 0 Å². The van der Waals surface area contributed by atoms with Gasteiger partial charge in [0.25, 0.3) is 5.91 Å². The van der Waals surface area contributed by atoms with Gasteiger partial charge < -0.3 is 15.5 Å². The highest BCUT2D eigenvalue weighted by Crippen LogP contribution is 2.04. The molecule has 0 aliphatic heterocycles. The summed E-state index contributed by atoms with van der Waals surface area (Å²) >= 11 is 0. The summed E-state index contributed by atoms with van der Waals surface area (Å²) in [4.78, 5) is 18.0. The molecule has 5 heteroatoms. The van der Waals surface area contributed by atoms with E-state index in [2.05, 4.69) is 15.6 Å². The highest BCUT2D eigenvalue weighted by molar-refractivity contribution is 5.92. The molecule has 0 aliphatic carbocycles. The average molecular weight is 236 g/mol. The van der Waals surface area contributed by atoms with Crippen molar-refractivity contribution in [1.29, 1.82) is 0 Å². The number of pyridine rings is 1. The van der Waals surface area contributed by atoms with E-state index in [1.54, 1.807) is 6.07 Å². The third-order valence-corrected chi connectivity index (χ3v) is 2.18. The Hall–Kier alpha value is -1.62. The van der Waals surface area contributed by atoms with Crippen LogP contribution in [0.4, 0.5) is 5.82 Å². The lowest BCUT2D eigenvalue weighted by molar-refractivity contribution is 0.0946. The van der Waals surface area contributed by atoms with Crippen molar-refractivity contribution in [2.75, 3.05) is 39.0 Å². The van der Waals surface area contributed by atoms with Gasteiger partial charge >= 0.3 is 0 Å². The fraction of sp³-hybridized carbons (Fsp3) is 0.500. The van der Waals surface area contributed by atoms with Crippen molar-refractivity contribution in [3.63, 3.8) is 0 Å². The van der Waals surface area contributed by atoms with Gasteiger partial charge in [-0.05, 0) is 33.2 Å². The maximum Gasteiger partial charge on any atom is 0.270 e. The Morgan fingerprint density at radius 1 is 1.41 bits per heavy atom. The Morgan fingerprint density at radius 3 is 2.82 bits per heavy atom. The van der Waals surface area contributed by atoms with Crippen LogP contribution in [0.3, 0.4) is 0 Å². The van der Waals surface area contributed by atoms with E-state index in [0.29, 0.717) is 12.2 Å². The second-order valence-corrected chi connectivity index (χ2v) is 4.00. The zero-order chi connectivity index (χ0) is 12.7. The molecule has 5 nitrogen and oxygen atoms in total. The Balaban J connectivity index is 2.53. The van der Waals surface area contributed by atoms with Crippen molar-refractivity contribution >= 4 is 11.7 Å². The van der Waals surface area contributed by atoms with Crippen molar-refractivity contribution < 1.29 is 4.79 Å². The molecule has 0 saturated carbocycles. The van der Waals surface area contributed by atoms with Crippen LogP contribution in [0.5, 0.6) is 0 Å². The predicted octanol–water partition coefficient (Wildman–Crippen LogP) is 0.805. The molecule has 1 aromatic heterocycles. The van der Waals surface area contributed by atoms with E-state index >= 15 is 0 Å². The largest absolute Gasteiger partial charge is 0.370 e. The maximum absolute atomic E-state index is 11.8. The molecule has 17 heavy (non-hydrogen) atoms. The van der Waals surface area contributed by atoms with Crippen LogP contribution in [-0.4, -0.2) is 49.5 Å². The minimum Gasteiger partial charge on any atom is -0.370 e. The first-order valence-electron chi connectivity index (χ1n) is 5.77. The first-order chi connectivity index (χ1) is 8.13. The number of rotatable bonds is 6. The van der Waals surface area contributed by atoms with Crippen LogP contribution < -0.4 is 10.6 Å². The molecule has 1 amide bonds. The molecule has 2 N–H and O–H groups in total. The summed E-state index contributed by atoms with van der Waals surface area (Å²) in [5.74, 6) is 0.597. The lowest BCUT2D eigenvalue weighted by Gasteiger charge is -2.10. The topological polar surface area (TPSA) is 57.3 Å². The maximum atomic E-state index is 11.8. The Kier molecular flexibility index (Phi) is 5.42. The SMILES string of the molecule is CCNc1cccc(C(=O)NCCN(C)C)n1. The molecule has 1 heterocycles. The number of carbonyl (C=O) groups is 1. The number of nitrogens with one attached hydrogen (secondary N) is 2. The molecule has 0 fully saturated rings. The molecule has 0 aliphatic rings. The first-order valence-corrected chi connectivity index (χ1v) is 5.77. The number of aromatic nitrogens is 1. The lowest BCUT2D eigenvalue weighted by Crippen LogP contribution is -2.31. The van der Waals surface area contributed by atoms with Gasteiger partial charge in [0.2, 0.25) is 0 Å². The van der Waals surface area contributed by atoms with Crippen LogP contribution >= 0.6 is 0 Å². The van der Waals surface area contributed by atoms with Crippen LogP contribution in [-0.2, 0) is 0 Å². The normalized spacial score (nSPS) is 10.4. The minimum absolute atomic E-state index is 0.133. The van der Waals surface area contributed by atoms with E-state index in [1.807, 2.05) is 38.1 Å². The fourth-order valence-electron chi connectivity index (χ4n) is 1.32. The third kappa shape index (κ3) is 4.82. The van der Waals surface area contributed by atoms with Gasteiger partial charge in [-0.15, -0.1) is 0 Å². The second kappa shape index (κ2) is 6.85. The highest BCUT2D eigenvalue weighted by Gasteiger charge is 2.06. The van der Waals surface area contributed by atoms with Crippen LogP contribution in [0.1, 0.15) is 17.4 Å². The molecule has 0 radical (unpaired) electrons. The third-order valence-electron chi connectivity index (χ3n) is 2.18. The molecule has 0 aromatic carbocycles. The fourth-order valence-corrected chi connectivity index (χ4v) is 1.32. The molecule has 0 atom stereocenters. The lowest BCUT2D eigenvalue weighted by atomic mass is 10.3. The van der Waals surface area contributed by atoms with Gasteiger partial charge in [0.15, 0.2) is 0 Å². The standard InChI is InChI=1S/C12H20N4O/c1-4-13-11-7-5-6-10(15-11)12(17)14-8-9-16(2)3/h5-7H,4,8-9H2,1-3H3,(H,13,15)(H,14,17). The van der Waals surface area contributed by atoms with Gasteiger partial charge in [0.1, 0.15) is 11.5 Å². The molecular formula is C12H20N4O. The minimum atomic E-state index is -0.133. The van der Waals surface area contributed by atoms with E-state index in [1.165, 1.54) is 0 Å². The summed E-state index contributed by atoms with van der Waals surface area (Å²) < 4.78 is 0. The number of hydrogen-bond acceptors (Lipinski definition) is 4. The van der Waals surface area contributed by atoms with Crippen molar-refractivity contribution in [2.24, 2.45) is 0 Å². The van der Waals surface area contributed by atoms with Crippen molar-refractivity contribution in [1.82, 2.24) is 15.2 Å². The quantitative estimate of drug-likeness (QED) is 0.767. The number of nitrogens with zero attached hydrogens (tertiary/aromatic N) is 2. The van der Waals surface area contributed by atoms with Gasteiger partial charge in [-0.25, -0.2) is 4.98 Å². The molecule has 1 rings (SSSR count). The van der Waals surface area contributed by atoms with E-state index < -0.39 is 0 Å². The van der Waals surface area contributed by atoms with E-state index in [9.17, 15) is 4.79 Å². The van der Waals surface area contributed by atoms with E-state index in [0.717, 1.165) is 18.9 Å². The smallest absolute Gasteiger partial charge is 0.270 e. The number of hydrogen-bond donors (Lipinski definition) is 2. The second-order valence-electron chi connectivity index (χ2n) is 4.00. The summed E-state index contributed by atoms with van der Waals surface area (Å²) in [6.45, 7) is 4.22. The van der Waals surface area contributed by atoms with Crippen LogP contribution in [0.2, 0.25) is 0 Å².